The number of nitrogens with zero attached hydrogens (tertiary/aromatic N) is 3. The molecule has 0 bridgehead atoms. The van der Waals surface area contributed by atoms with E-state index in [9.17, 15) is 5.26 Å². The predicted octanol–water partition coefficient (Wildman–Crippen LogP) is 3.46. The first kappa shape index (κ1) is 13.4. The number of hydrogen-bond acceptors (Lipinski definition) is 3. The van der Waals surface area contributed by atoms with Crippen LogP contribution >= 0.6 is 0 Å². The first-order chi connectivity index (χ1) is 9.69. The Hall–Kier alpha value is -1.56. The molecule has 2 aliphatic carbocycles. The molecule has 3 rings (SSSR count). The second kappa shape index (κ2) is 5.44. The number of nitriles is 1. The molecule has 0 spiro atoms. The minimum Gasteiger partial charge on any atom is -0.352 e. The van der Waals surface area contributed by atoms with Gasteiger partial charge in [0.2, 0.25) is 0 Å². The van der Waals surface area contributed by atoms with Gasteiger partial charge in [0, 0.05) is 18.3 Å². The molecule has 0 N–H and O–H groups in total. The molecule has 1 fully saturated rings. The van der Waals surface area contributed by atoms with Crippen molar-refractivity contribution in [1.29, 1.82) is 5.26 Å². The summed E-state index contributed by atoms with van der Waals surface area (Å²) in [4.78, 5) is 7.29. The number of anilines is 1. The molecule has 0 saturated heterocycles. The molecule has 0 amide bonds. The molecular formula is C17H23N3. The monoisotopic (exact) mass is 269 g/mol. The van der Waals surface area contributed by atoms with Gasteiger partial charge >= 0.3 is 0 Å². The average molecular weight is 269 g/mol. The van der Waals surface area contributed by atoms with Crippen LogP contribution in [0.5, 0.6) is 0 Å². The van der Waals surface area contributed by atoms with Crippen molar-refractivity contribution in [1.82, 2.24) is 4.98 Å². The maximum atomic E-state index is 9.49. The van der Waals surface area contributed by atoms with Crippen molar-refractivity contribution in [2.45, 2.75) is 58.4 Å². The molecule has 106 valence electrons. The van der Waals surface area contributed by atoms with E-state index in [4.69, 9.17) is 4.98 Å². The van der Waals surface area contributed by atoms with Gasteiger partial charge in [0.05, 0.1) is 5.56 Å². The molecule has 1 saturated carbocycles. The molecule has 1 aromatic heterocycles. The summed E-state index contributed by atoms with van der Waals surface area (Å²) in [5.41, 5.74) is 3.31. The Kier molecular flexibility index (Phi) is 3.65. The lowest BCUT2D eigenvalue weighted by molar-refractivity contribution is 0.598. The maximum absolute atomic E-state index is 9.49. The van der Waals surface area contributed by atoms with Crippen molar-refractivity contribution >= 4 is 5.82 Å². The largest absolute Gasteiger partial charge is 0.352 e. The van der Waals surface area contributed by atoms with Gasteiger partial charge in [-0.1, -0.05) is 13.8 Å². The number of pyridine rings is 1. The van der Waals surface area contributed by atoms with Gasteiger partial charge in [-0.25, -0.2) is 4.98 Å². The number of aromatic nitrogens is 1. The normalized spacial score (nSPS) is 17.7. The molecule has 0 aromatic carbocycles. The molecule has 1 aromatic rings. The lowest BCUT2D eigenvalue weighted by Gasteiger charge is -2.28. The summed E-state index contributed by atoms with van der Waals surface area (Å²) in [7, 11) is 0. The minimum atomic E-state index is 0.597. The lowest BCUT2D eigenvalue weighted by Crippen LogP contribution is -2.32. The Morgan fingerprint density at radius 2 is 2.10 bits per heavy atom. The van der Waals surface area contributed by atoms with Crippen molar-refractivity contribution in [2.75, 3.05) is 11.4 Å². The van der Waals surface area contributed by atoms with Crippen molar-refractivity contribution in [2.24, 2.45) is 5.92 Å². The first-order valence-electron chi connectivity index (χ1n) is 7.88. The van der Waals surface area contributed by atoms with Gasteiger partial charge in [-0.05, 0) is 56.1 Å². The fraction of sp³-hybridized carbons (Fsp3) is 0.647. The Bertz CT molecular complexity index is 538. The lowest BCUT2D eigenvalue weighted by atomic mass is 9.94. The molecule has 2 aliphatic rings. The SMILES string of the molecule is CC(C)CN(c1nc2c(cc1C#N)CCCC2)C1CC1. The van der Waals surface area contributed by atoms with Crippen LogP contribution in [0.25, 0.3) is 0 Å². The van der Waals surface area contributed by atoms with Crippen LogP contribution in [0.4, 0.5) is 5.82 Å². The number of rotatable bonds is 4. The van der Waals surface area contributed by atoms with E-state index in [2.05, 4.69) is 30.9 Å². The number of fused-ring (bicyclic) bond motifs is 1. The molecule has 0 unspecified atom stereocenters. The van der Waals surface area contributed by atoms with Gasteiger partial charge in [0.15, 0.2) is 0 Å². The Balaban J connectivity index is 1.99. The zero-order valence-electron chi connectivity index (χ0n) is 12.5. The summed E-state index contributed by atoms with van der Waals surface area (Å²) in [6.07, 6.45) is 7.13. The van der Waals surface area contributed by atoms with Crippen molar-refractivity contribution in [3.8, 4) is 6.07 Å². The van der Waals surface area contributed by atoms with Gasteiger partial charge in [-0.3, -0.25) is 0 Å². The summed E-state index contributed by atoms with van der Waals surface area (Å²) >= 11 is 0. The van der Waals surface area contributed by atoms with Crippen LogP contribution < -0.4 is 4.90 Å². The van der Waals surface area contributed by atoms with Crippen LogP contribution in [0.1, 0.15) is 56.4 Å². The molecule has 0 radical (unpaired) electrons. The second-order valence-electron chi connectivity index (χ2n) is 6.56. The molecular weight excluding hydrogens is 246 g/mol. The van der Waals surface area contributed by atoms with Gasteiger partial charge in [-0.2, -0.15) is 5.26 Å². The van der Waals surface area contributed by atoms with E-state index in [-0.39, 0.29) is 0 Å². The van der Waals surface area contributed by atoms with Gasteiger partial charge in [-0.15, -0.1) is 0 Å². The molecule has 1 heterocycles. The minimum absolute atomic E-state index is 0.597. The second-order valence-corrected chi connectivity index (χ2v) is 6.56. The van der Waals surface area contributed by atoms with Crippen LogP contribution in [-0.2, 0) is 12.8 Å². The zero-order chi connectivity index (χ0) is 14.1. The van der Waals surface area contributed by atoms with Crippen LogP contribution in [-0.4, -0.2) is 17.6 Å². The topological polar surface area (TPSA) is 39.9 Å². The smallest absolute Gasteiger partial charge is 0.147 e. The van der Waals surface area contributed by atoms with Crippen LogP contribution in [0.2, 0.25) is 0 Å². The summed E-state index contributed by atoms with van der Waals surface area (Å²) < 4.78 is 0. The van der Waals surface area contributed by atoms with E-state index >= 15 is 0 Å². The van der Waals surface area contributed by atoms with Gasteiger partial charge in [0.1, 0.15) is 11.9 Å². The van der Waals surface area contributed by atoms with E-state index in [0.29, 0.717) is 12.0 Å². The molecule has 3 heteroatoms. The molecule has 0 atom stereocenters. The van der Waals surface area contributed by atoms with Crippen LogP contribution in [0.3, 0.4) is 0 Å². The summed E-state index contributed by atoms with van der Waals surface area (Å²) in [5.74, 6) is 1.55. The highest BCUT2D eigenvalue weighted by molar-refractivity contribution is 5.57. The Morgan fingerprint density at radius 3 is 2.75 bits per heavy atom. The van der Waals surface area contributed by atoms with Crippen LogP contribution in [0.15, 0.2) is 6.07 Å². The van der Waals surface area contributed by atoms with E-state index in [0.717, 1.165) is 30.8 Å². The summed E-state index contributed by atoms with van der Waals surface area (Å²) in [5, 5.41) is 9.49. The van der Waals surface area contributed by atoms with E-state index in [1.165, 1.54) is 36.9 Å². The van der Waals surface area contributed by atoms with E-state index < -0.39 is 0 Å². The predicted molar refractivity (Wildman–Crippen MR) is 80.8 cm³/mol. The van der Waals surface area contributed by atoms with Crippen molar-refractivity contribution in [3.63, 3.8) is 0 Å². The average Bonchev–Trinajstić information content (AvgIpc) is 3.27. The van der Waals surface area contributed by atoms with Crippen molar-refractivity contribution in [3.05, 3.63) is 22.9 Å². The third-order valence-electron chi connectivity index (χ3n) is 4.22. The number of hydrogen-bond donors (Lipinski definition) is 0. The molecule has 3 nitrogen and oxygen atoms in total. The van der Waals surface area contributed by atoms with Gasteiger partial charge in [0.25, 0.3) is 0 Å². The standard InChI is InChI=1S/C17H23N3/c1-12(2)11-20(15-7-8-15)17-14(10-18)9-13-5-3-4-6-16(13)19-17/h9,12,15H,3-8,11H2,1-2H3. The quantitative estimate of drug-likeness (QED) is 0.840. The summed E-state index contributed by atoms with van der Waals surface area (Å²) in [6.45, 7) is 5.48. The highest BCUT2D eigenvalue weighted by Gasteiger charge is 2.32. The first-order valence-corrected chi connectivity index (χ1v) is 7.88. The van der Waals surface area contributed by atoms with Crippen molar-refractivity contribution < 1.29 is 0 Å². The fourth-order valence-electron chi connectivity index (χ4n) is 3.11. The zero-order valence-corrected chi connectivity index (χ0v) is 12.5. The van der Waals surface area contributed by atoms with Crippen LogP contribution in [0, 0.1) is 17.2 Å². The highest BCUT2D eigenvalue weighted by atomic mass is 15.2. The highest BCUT2D eigenvalue weighted by Crippen LogP contribution is 2.34. The van der Waals surface area contributed by atoms with E-state index in [1.807, 2.05) is 0 Å². The summed E-state index contributed by atoms with van der Waals surface area (Å²) in [6, 6.07) is 5.09. The fourth-order valence-corrected chi connectivity index (χ4v) is 3.11. The van der Waals surface area contributed by atoms with Gasteiger partial charge < -0.3 is 4.90 Å². The van der Waals surface area contributed by atoms with E-state index in [1.54, 1.807) is 0 Å². The molecule has 20 heavy (non-hydrogen) atoms. The third-order valence-corrected chi connectivity index (χ3v) is 4.22. The number of aryl methyl sites for hydroxylation is 2. The Labute approximate surface area is 121 Å². The Morgan fingerprint density at radius 1 is 1.35 bits per heavy atom. The third kappa shape index (κ3) is 2.65. The molecule has 0 aliphatic heterocycles. The maximum Gasteiger partial charge on any atom is 0.147 e.